The summed E-state index contributed by atoms with van der Waals surface area (Å²) in [5, 5.41) is 14.2. The molecule has 2 amide bonds. The number of nitrogens with one attached hydrogen (secondary N) is 2. The van der Waals surface area contributed by atoms with E-state index < -0.39 is 29.5 Å². The average Bonchev–Trinajstić information content (AvgIpc) is 2.56. The molecule has 0 aromatic heterocycles. The molecule has 0 bridgehead atoms. The zero-order valence-electron chi connectivity index (χ0n) is 13.5. The third-order valence-corrected chi connectivity index (χ3v) is 3.45. The molecule has 0 aliphatic carbocycles. The molecule has 1 unspecified atom stereocenters. The van der Waals surface area contributed by atoms with Gasteiger partial charge in [-0.1, -0.05) is 30.3 Å². The third kappa shape index (κ3) is 5.13. The summed E-state index contributed by atoms with van der Waals surface area (Å²) in [5.41, 5.74) is 0.707. The summed E-state index contributed by atoms with van der Waals surface area (Å²) in [6, 6.07) is 12.1. The molecular weight excluding hydrogens is 327 g/mol. The van der Waals surface area contributed by atoms with Gasteiger partial charge in [0.25, 0.3) is 0 Å². The van der Waals surface area contributed by atoms with E-state index in [1.165, 1.54) is 19.1 Å². The van der Waals surface area contributed by atoms with Gasteiger partial charge in [0.1, 0.15) is 5.82 Å². The first-order valence-corrected chi connectivity index (χ1v) is 7.51. The third-order valence-electron chi connectivity index (χ3n) is 3.45. The number of rotatable bonds is 6. The highest BCUT2D eigenvalue weighted by atomic mass is 19.1. The van der Waals surface area contributed by atoms with Gasteiger partial charge >= 0.3 is 5.97 Å². The lowest BCUT2D eigenvalue weighted by atomic mass is 9.95. The van der Waals surface area contributed by atoms with Gasteiger partial charge in [0.2, 0.25) is 11.8 Å². The van der Waals surface area contributed by atoms with Crippen molar-refractivity contribution >= 4 is 29.2 Å². The molecule has 0 aliphatic heterocycles. The number of halogens is 1. The summed E-state index contributed by atoms with van der Waals surface area (Å²) in [7, 11) is 0. The number of carbonyl (C=O) groups excluding carboxylic acids is 2. The highest BCUT2D eigenvalue weighted by molar-refractivity contribution is 5.96. The maximum absolute atomic E-state index is 13.6. The Labute approximate surface area is 143 Å². The number of carboxylic acid groups (broad SMARTS) is 1. The van der Waals surface area contributed by atoms with Crippen LogP contribution in [0.5, 0.6) is 0 Å². The first-order valence-electron chi connectivity index (χ1n) is 7.51. The topological polar surface area (TPSA) is 95.5 Å². The van der Waals surface area contributed by atoms with E-state index in [4.69, 9.17) is 0 Å². The highest BCUT2D eigenvalue weighted by Gasteiger charge is 2.23. The molecule has 130 valence electrons. The van der Waals surface area contributed by atoms with Crippen LogP contribution in [0.3, 0.4) is 0 Å². The molecule has 0 saturated carbocycles. The number of carboxylic acids is 1. The predicted octanol–water partition coefficient (Wildman–Crippen LogP) is 2.98. The van der Waals surface area contributed by atoms with E-state index in [1.54, 1.807) is 30.3 Å². The Morgan fingerprint density at radius 1 is 1.08 bits per heavy atom. The summed E-state index contributed by atoms with van der Waals surface area (Å²) in [6.07, 6.45) is -0.272. The minimum absolute atomic E-state index is 0.0665. The van der Waals surface area contributed by atoms with Crippen LogP contribution >= 0.6 is 0 Å². The van der Waals surface area contributed by atoms with Crippen molar-refractivity contribution in [1.82, 2.24) is 0 Å². The van der Waals surface area contributed by atoms with Gasteiger partial charge in [-0.05, 0) is 23.8 Å². The van der Waals surface area contributed by atoms with Crippen molar-refractivity contribution in [2.24, 2.45) is 0 Å². The number of benzene rings is 2. The van der Waals surface area contributed by atoms with E-state index in [0.717, 1.165) is 6.07 Å². The number of amides is 2. The van der Waals surface area contributed by atoms with Gasteiger partial charge in [0.15, 0.2) is 0 Å². The smallest absolute Gasteiger partial charge is 0.311 e. The number of aliphatic carboxylic acids is 1. The minimum atomic E-state index is -1.11. The largest absolute Gasteiger partial charge is 0.481 e. The standard InChI is InChI=1S/C18H17FN2O4/c1-11(22)20-16-9-13(7-8-15(16)19)21-17(23)10-14(18(24)25)12-5-3-2-4-6-12/h2-9,14H,10H2,1H3,(H,20,22)(H,21,23)(H,24,25). The molecule has 0 fully saturated rings. The maximum atomic E-state index is 13.6. The van der Waals surface area contributed by atoms with Crippen molar-refractivity contribution < 1.29 is 23.9 Å². The molecule has 6 nitrogen and oxygen atoms in total. The van der Waals surface area contributed by atoms with Gasteiger partial charge in [0, 0.05) is 19.0 Å². The normalized spacial score (nSPS) is 11.4. The zero-order chi connectivity index (χ0) is 18.4. The van der Waals surface area contributed by atoms with E-state index in [9.17, 15) is 23.9 Å². The van der Waals surface area contributed by atoms with Crippen LogP contribution in [0.15, 0.2) is 48.5 Å². The van der Waals surface area contributed by atoms with Crippen molar-refractivity contribution in [3.8, 4) is 0 Å². The van der Waals surface area contributed by atoms with Gasteiger partial charge < -0.3 is 15.7 Å². The number of hydrogen-bond acceptors (Lipinski definition) is 3. The van der Waals surface area contributed by atoms with Crippen LogP contribution in [0.4, 0.5) is 15.8 Å². The summed E-state index contributed by atoms with van der Waals surface area (Å²) >= 11 is 0. The Morgan fingerprint density at radius 2 is 1.76 bits per heavy atom. The molecule has 0 aliphatic rings. The highest BCUT2D eigenvalue weighted by Crippen LogP contribution is 2.23. The Balaban J connectivity index is 2.11. The number of carbonyl (C=O) groups is 3. The quantitative estimate of drug-likeness (QED) is 0.751. The van der Waals surface area contributed by atoms with E-state index >= 15 is 0 Å². The summed E-state index contributed by atoms with van der Waals surface area (Å²) in [6.45, 7) is 1.24. The molecule has 25 heavy (non-hydrogen) atoms. The molecule has 3 N–H and O–H groups in total. The van der Waals surface area contributed by atoms with Crippen LogP contribution in [-0.2, 0) is 14.4 Å². The molecule has 2 aromatic rings. The van der Waals surface area contributed by atoms with Crippen LogP contribution < -0.4 is 10.6 Å². The second kappa shape index (κ2) is 8.05. The molecular formula is C18H17FN2O4. The Morgan fingerprint density at radius 3 is 2.36 bits per heavy atom. The number of hydrogen-bond donors (Lipinski definition) is 3. The molecule has 1 atom stereocenters. The lowest BCUT2D eigenvalue weighted by Gasteiger charge is -2.13. The fourth-order valence-electron chi connectivity index (χ4n) is 2.32. The fraction of sp³-hybridized carbons (Fsp3) is 0.167. The monoisotopic (exact) mass is 344 g/mol. The maximum Gasteiger partial charge on any atom is 0.311 e. The SMILES string of the molecule is CC(=O)Nc1cc(NC(=O)CC(C(=O)O)c2ccccc2)ccc1F. The van der Waals surface area contributed by atoms with Crippen molar-refractivity contribution in [2.75, 3.05) is 10.6 Å². The van der Waals surface area contributed by atoms with Crippen molar-refractivity contribution in [3.05, 3.63) is 59.9 Å². The average molecular weight is 344 g/mol. The Kier molecular flexibility index (Phi) is 5.84. The zero-order valence-corrected chi connectivity index (χ0v) is 13.5. The molecule has 0 saturated heterocycles. The van der Waals surface area contributed by atoms with Gasteiger partial charge in [-0.15, -0.1) is 0 Å². The van der Waals surface area contributed by atoms with E-state index in [2.05, 4.69) is 10.6 Å². The minimum Gasteiger partial charge on any atom is -0.481 e. The molecule has 7 heteroatoms. The molecule has 0 radical (unpaired) electrons. The van der Waals surface area contributed by atoms with Gasteiger partial charge in [0.05, 0.1) is 11.6 Å². The van der Waals surface area contributed by atoms with Crippen LogP contribution in [0.25, 0.3) is 0 Å². The molecule has 0 heterocycles. The van der Waals surface area contributed by atoms with Crippen LogP contribution in [0.1, 0.15) is 24.8 Å². The lowest BCUT2D eigenvalue weighted by molar-refractivity contribution is -0.140. The van der Waals surface area contributed by atoms with Crippen molar-refractivity contribution in [3.63, 3.8) is 0 Å². The van der Waals surface area contributed by atoms with Crippen molar-refractivity contribution in [1.29, 1.82) is 0 Å². The summed E-state index contributed by atoms with van der Waals surface area (Å²) in [5.74, 6) is -3.72. The van der Waals surface area contributed by atoms with Gasteiger partial charge in [-0.3, -0.25) is 14.4 Å². The Bertz CT molecular complexity index is 793. The second-order valence-electron chi connectivity index (χ2n) is 5.43. The predicted molar refractivity (Wildman–Crippen MR) is 90.8 cm³/mol. The van der Waals surface area contributed by atoms with Crippen LogP contribution in [0.2, 0.25) is 0 Å². The van der Waals surface area contributed by atoms with Crippen LogP contribution in [0, 0.1) is 5.82 Å². The lowest BCUT2D eigenvalue weighted by Crippen LogP contribution is -2.21. The van der Waals surface area contributed by atoms with E-state index in [1.807, 2.05) is 0 Å². The van der Waals surface area contributed by atoms with Gasteiger partial charge in [-0.25, -0.2) is 4.39 Å². The fourth-order valence-corrected chi connectivity index (χ4v) is 2.32. The van der Waals surface area contributed by atoms with E-state index in [-0.39, 0.29) is 17.8 Å². The van der Waals surface area contributed by atoms with Crippen molar-refractivity contribution in [2.45, 2.75) is 19.3 Å². The summed E-state index contributed by atoms with van der Waals surface area (Å²) in [4.78, 5) is 34.6. The summed E-state index contributed by atoms with van der Waals surface area (Å²) < 4.78 is 13.6. The second-order valence-corrected chi connectivity index (χ2v) is 5.43. The Hall–Kier alpha value is -3.22. The van der Waals surface area contributed by atoms with E-state index in [0.29, 0.717) is 5.56 Å². The first kappa shape index (κ1) is 18.1. The molecule has 2 rings (SSSR count). The van der Waals surface area contributed by atoms with Crippen LogP contribution in [-0.4, -0.2) is 22.9 Å². The van der Waals surface area contributed by atoms with Gasteiger partial charge in [-0.2, -0.15) is 0 Å². The molecule has 0 spiro atoms. The number of anilines is 2. The molecule has 2 aromatic carbocycles. The first-order chi connectivity index (χ1) is 11.9.